The third-order valence-electron chi connectivity index (χ3n) is 4.40. The number of benzene rings is 1. The van der Waals surface area contributed by atoms with Gasteiger partial charge in [-0.1, -0.05) is 30.3 Å². The molecule has 25 heavy (non-hydrogen) atoms. The van der Waals surface area contributed by atoms with Crippen LogP contribution in [0.3, 0.4) is 0 Å². The Kier molecular flexibility index (Phi) is 5.50. The molecule has 0 radical (unpaired) electrons. The normalized spacial score (nSPS) is 16.4. The molecule has 3 rings (SSSR count). The lowest BCUT2D eigenvalue weighted by atomic mass is 10.2. The van der Waals surface area contributed by atoms with E-state index in [1.54, 1.807) is 19.1 Å². The fourth-order valence-electron chi connectivity index (χ4n) is 2.98. The minimum atomic E-state index is -0.571. The molecule has 6 nitrogen and oxygen atoms in total. The highest BCUT2D eigenvalue weighted by Gasteiger charge is 2.26. The van der Waals surface area contributed by atoms with Gasteiger partial charge in [-0.2, -0.15) is 0 Å². The molecule has 2 aromatic rings. The lowest BCUT2D eigenvalue weighted by Crippen LogP contribution is -2.53. The summed E-state index contributed by atoms with van der Waals surface area (Å²) in [6, 6.07) is 13.0. The second-order valence-corrected chi connectivity index (χ2v) is 6.26. The summed E-state index contributed by atoms with van der Waals surface area (Å²) in [6.45, 7) is 5.62. The van der Waals surface area contributed by atoms with Crippen LogP contribution in [0.1, 0.15) is 23.0 Å². The fraction of sp³-hybridized carbons (Fsp3) is 0.368. The largest absolute Gasteiger partial charge is 0.459 e. The maximum absolute atomic E-state index is 12.5. The number of amides is 2. The Bertz CT molecular complexity index is 692. The van der Waals surface area contributed by atoms with Gasteiger partial charge in [-0.25, -0.2) is 0 Å². The lowest BCUT2D eigenvalue weighted by Gasteiger charge is -2.36. The van der Waals surface area contributed by atoms with E-state index in [9.17, 15) is 9.59 Å². The molecule has 1 saturated heterocycles. The van der Waals surface area contributed by atoms with Crippen molar-refractivity contribution >= 4 is 11.8 Å². The monoisotopic (exact) mass is 341 g/mol. The number of hydrogen-bond donors (Lipinski definition) is 1. The van der Waals surface area contributed by atoms with Gasteiger partial charge in [-0.15, -0.1) is 0 Å². The average molecular weight is 341 g/mol. The minimum Gasteiger partial charge on any atom is -0.459 e. The first-order valence-electron chi connectivity index (χ1n) is 8.53. The molecular weight excluding hydrogens is 318 g/mol. The van der Waals surface area contributed by atoms with Crippen molar-refractivity contribution in [1.82, 2.24) is 15.1 Å². The molecule has 0 bridgehead atoms. The van der Waals surface area contributed by atoms with Crippen LogP contribution in [0.25, 0.3) is 0 Å². The van der Waals surface area contributed by atoms with Gasteiger partial charge in [0, 0.05) is 32.7 Å². The fourth-order valence-corrected chi connectivity index (χ4v) is 2.98. The first-order valence-corrected chi connectivity index (χ1v) is 8.53. The molecule has 0 unspecified atom stereocenters. The van der Waals surface area contributed by atoms with Crippen LogP contribution in [0.15, 0.2) is 53.1 Å². The molecule has 0 aliphatic carbocycles. The summed E-state index contributed by atoms with van der Waals surface area (Å²) in [6.07, 6.45) is 1.44. The van der Waals surface area contributed by atoms with Gasteiger partial charge >= 0.3 is 0 Å². The second-order valence-electron chi connectivity index (χ2n) is 6.26. The molecular formula is C19H23N3O3. The summed E-state index contributed by atoms with van der Waals surface area (Å²) in [4.78, 5) is 28.7. The third-order valence-corrected chi connectivity index (χ3v) is 4.40. The van der Waals surface area contributed by atoms with Crippen molar-refractivity contribution in [1.29, 1.82) is 0 Å². The topological polar surface area (TPSA) is 65.8 Å². The third kappa shape index (κ3) is 4.48. The smallest absolute Gasteiger partial charge is 0.287 e. The highest BCUT2D eigenvalue weighted by Crippen LogP contribution is 2.10. The van der Waals surface area contributed by atoms with Crippen LogP contribution in [-0.2, 0) is 11.3 Å². The summed E-state index contributed by atoms with van der Waals surface area (Å²) >= 11 is 0. The molecule has 1 fully saturated rings. The molecule has 0 spiro atoms. The highest BCUT2D eigenvalue weighted by atomic mass is 16.3. The number of nitrogens with one attached hydrogen (secondary N) is 1. The highest BCUT2D eigenvalue weighted by molar-refractivity contribution is 5.95. The molecule has 1 N–H and O–H groups in total. The van der Waals surface area contributed by atoms with Crippen LogP contribution < -0.4 is 5.32 Å². The number of furan rings is 1. The van der Waals surface area contributed by atoms with E-state index in [4.69, 9.17) is 4.42 Å². The Morgan fingerprint density at radius 1 is 1.08 bits per heavy atom. The van der Waals surface area contributed by atoms with E-state index >= 15 is 0 Å². The summed E-state index contributed by atoms with van der Waals surface area (Å²) in [7, 11) is 0. The molecule has 6 heteroatoms. The molecule has 1 atom stereocenters. The van der Waals surface area contributed by atoms with E-state index < -0.39 is 6.04 Å². The van der Waals surface area contributed by atoms with Gasteiger partial charge in [-0.05, 0) is 24.6 Å². The van der Waals surface area contributed by atoms with Crippen LogP contribution in [0.2, 0.25) is 0 Å². The van der Waals surface area contributed by atoms with Gasteiger partial charge < -0.3 is 14.6 Å². The number of piperazine rings is 1. The average Bonchev–Trinajstić information content (AvgIpc) is 3.17. The van der Waals surface area contributed by atoms with Crippen LogP contribution in [0.5, 0.6) is 0 Å². The Hall–Kier alpha value is -2.60. The van der Waals surface area contributed by atoms with Gasteiger partial charge in [0.15, 0.2) is 5.76 Å². The number of carbonyl (C=O) groups excluding carboxylic acids is 2. The maximum Gasteiger partial charge on any atom is 0.287 e. The first-order chi connectivity index (χ1) is 12.1. The molecule has 2 amide bonds. The molecule has 0 saturated carbocycles. The minimum absolute atomic E-state index is 0.0562. The van der Waals surface area contributed by atoms with Crippen LogP contribution >= 0.6 is 0 Å². The maximum atomic E-state index is 12.5. The van der Waals surface area contributed by atoms with Crippen molar-refractivity contribution < 1.29 is 14.0 Å². The van der Waals surface area contributed by atoms with Crippen molar-refractivity contribution in [3.05, 3.63) is 60.1 Å². The predicted octanol–water partition coefficient (Wildman–Crippen LogP) is 1.74. The van der Waals surface area contributed by atoms with E-state index in [0.717, 1.165) is 19.6 Å². The van der Waals surface area contributed by atoms with Crippen LogP contribution in [-0.4, -0.2) is 53.8 Å². The molecule has 1 aliphatic rings. The zero-order valence-corrected chi connectivity index (χ0v) is 14.4. The van der Waals surface area contributed by atoms with Crippen molar-refractivity contribution in [3.8, 4) is 0 Å². The van der Waals surface area contributed by atoms with Gasteiger partial charge in [0.1, 0.15) is 6.04 Å². The summed E-state index contributed by atoms with van der Waals surface area (Å²) in [5, 5.41) is 2.69. The van der Waals surface area contributed by atoms with Crippen LogP contribution in [0, 0.1) is 0 Å². The summed E-state index contributed by atoms with van der Waals surface area (Å²) < 4.78 is 5.05. The van der Waals surface area contributed by atoms with Crippen molar-refractivity contribution in [2.75, 3.05) is 26.2 Å². The van der Waals surface area contributed by atoms with Crippen molar-refractivity contribution in [2.24, 2.45) is 0 Å². The van der Waals surface area contributed by atoms with Gasteiger partial charge in [0.25, 0.3) is 5.91 Å². The molecule has 1 aromatic heterocycles. The Morgan fingerprint density at radius 3 is 2.44 bits per heavy atom. The number of nitrogens with zero attached hydrogens (tertiary/aromatic N) is 2. The summed E-state index contributed by atoms with van der Waals surface area (Å²) in [5.74, 6) is -0.208. The number of carbonyl (C=O) groups is 2. The van der Waals surface area contributed by atoms with Gasteiger partial charge in [-0.3, -0.25) is 14.5 Å². The predicted molar refractivity (Wildman–Crippen MR) is 93.9 cm³/mol. The van der Waals surface area contributed by atoms with Gasteiger partial charge in [0.05, 0.1) is 6.26 Å². The zero-order chi connectivity index (χ0) is 17.6. The van der Waals surface area contributed by atoms with Gasteiger partial charge in [0.2, 0.25) is 5.91 Å². The first kappa shape index (κ1) is 17.2. The quantitative estimate of drug-likeness (QED) is 0.900. The van der Waals surface area contributed by atoms with E-state index in [1.807, 2.05) is 23.1 Å². The molecule has 132 valence electrons. The molecule has 2 heterocycles. The van der Waals surface area contributed by atoms with E-state index in [1.165, 1.54) is 11.8 Å². The molecule has 1 aromatic carbocycles. The van der Waals surface area contributed by atoms with Crippen molar-refractivity contribution in [2.45, 2.75) is 19.5 Å². The van der Waals surface area contributed by atoms with E-state index in [-0.39, 0.29) is 17.6 Å². The second kappa shape index (κ2) is 7.98. The van der Waals surface area contributed by atoms with E-state index in [0.29, 0.717) is 13.1 Å². The lowest BCUT2D eigenvalue weighted by molar-refractivity contribution is -0.134. The number of hydrogen-bond acceptors (Lipinski definition) is 4. The molecule has 1 aliphatic heterocycles. The zero-order valence-electron chi connectivity index (χ0n) is 14.4. The Morgan fingerprint density at radius 2 is 1.80 bits per heavy atom. The standard InChI is InChI=1S/C19H23N3O3/c1-15(20-18(23)17-8-5-13-25-17)19(24)22-11-9-21(10-12-22)14-16-6-3-2-4-7-16/h2-8,13,15H,9-12,14H2,1H3,(H,20,23)/t15-/m0/s1. The van der Waals surface area contributed by atoms with E-state index in [2.05, 4.69) is 22.3 Å². The Labute approximate surface area is 147 Å². The van der Waals surface area contributed by atoms with Crippen molar-refractivity contribution in [3.63, 3.8) is 0 Å². The SMILES string of the molecule is C[C@H](NC(=O)c1ccco1)C(=O)N1CCN(Cc2ccccc2)CC1. The van der Waals surface area contributed by atoms with Crippen LogP contribution in [0.4, 0.5) is 0 Å². The number of rotatable bonds is 5. The Balaban J connectivity index is 1.47. The summed E-state index contributed by atoms with van der Waals surface area (Å²) in [5.41, 5.74) is 1.28.